The van der Waals surface area contributed by atoms with Crippen molar-refractivity contribution in [3.8, 4) is 17.2 Å². The van der Waals surface area contributed by atoms with Gasteiger partial charge in [-0.3, -0.25) is 9.59 Å². The third-order valence-corrected chi connectivity index (χ3v) is 4.22. The molecule has 4 nitrogen and oxygen atoms in total. The second-order valence-corrected chi connectivity index (χ2v) is 5.73. The molecule has 3 aromatic carbocycles. The molecule has 0 bridgehead atoms. The number of hydrogen-bond acceptors (Lipinski definition) is 3. The van der Waals surface area contributed by atoms with Gasteiger partial charge in [0.2, 0.25) is 0 Å². The summed E-state index contributed by atoms with van der Waals surface area (Å²) in [6.07, 6.45) is 0. The maximum Gasteiger partial charge on any atom is 0.266 e. The van der Waals surface area contributed by atoms with E-state index in [1.54, 1.807) is 54.6 Å². The Kier molecular flexibility index (Phi) is 3.41. The molecule has 1 aliphatic rings. The third-order valence-electron chi connectivity index (χ3n) is 4.22. The van der Waals surface area contributed by atoms with E-state index in [1.165, 1.54) is 4.90 Å². The standard InChI is InChI=1S/C21H12N2O2/c22-13-14-5-3-6-15(11-14)16-7-4-8-17(12-16)23-20(24)18-9-1-2-10-19(18)21(23)25/h1-12H. The number of carbonyl (C=O) groups excluding carboxylic acids is 2. The molecule has 118 valence electrons. The van der Waals surface area contributed by atoms with E-state index in [0.29, 0.717) is 22.4 Å². The average Bonchev–Trinajstić information content (AvgIpc) is 2.93. The lowest BCUT2D eigenvalue weighted by molar-refractivity contribution is 0.0926. The predicted molar refractivity (Wildman–Crippen MR) is 94.2 cm³/mol. The summed E-state index contributed by atoms with van der Waals surface area (Å²) >= 11 is 0. The zero-order valence-electron chi connectivity index (χ0n) is 13.1. The van der Waals surface area contributed by atoms with Gasteiger partial charge in [0, 0.05) is 0 Å². The number of amides is 2. The molecule has 0 unspecified atom stereocenters. The summed E-state index contributed by atoms with van der Waals surface area (Å²) in [6, 6.07) is 23.4. The van der Waals surface area contributed by atoms with Crippen LogP contribution in [0, 0.1) is 11.3 Å². The Morgan fingerprint density at radius 2 is 1.32 bits per heavy atom. The maximum atomic E-state index is 12.6. The zero-order valence-corrected chi connectivity index (χ0v) is 13.1. The van der Waals surface area contributed by atoms with E-state index in [2.05, 4.69) is 6.07 Å². The number of imide groups is 1. The molecule has 1 aliphatic heterocycles. The van der Waals surface area contributed by atoms with Crippen molar-refractivity contribution in [2.45, 2.75) is 0 Å². The molecule has 25 heavy (non-hydrogen) atoms. The molecule has 0 N–H and O–H groups in total. The van der Waals surface area contributed by atoms with Gasteiger partial charge in [-0.15, -0.1) is 0 Å². The molecule has 4 rings (SSSR count). The minimum atomic E-state index is -0.316. The van der Waals surface area contributed by atoms with Gasteiger partial charge in [-0.05, 0) is 47.5 Å². The summed E-state index contributed by atoms with van der Waals surface area (Å²) in [5.74, 6) is -0.632. The molecule has 0 atom stereocenters. The highest BCUT2D eigenvalue weighted by atomic mass is 16.2. The van der Waals surface area contributed by atoms with Crippen molar-refractivity contribution in [1.29, 1.82) is 5.26 Å². The number of fused-ring (bicyclic) bond motifs is 1. The van der Waals surface area contributed by atoms with Crippen LogP contribution in [0.2, 0.25) is 0 Å². The first kappa shape index (κ1) is 14.9. The van der Waals surface area contributed by atoms with E-state index in [1.807, 2.05) is 18.2 Å². The second-order valence-electron chi connectivity index (χ2n) is 5.73. The van der Waals surface area contributed by atoms with Gasteiger partial charge in [0.1, 0.15) is 0 Å². The van der Waals surface area contributed by atoms with Gasteiger partial charge in [-0.25, -0.2) is 4.90 Å². The molecular formula is C21H12N2O2. The Hall–Kier alpha value is -3.71. The van der Waals surface area contributed by atoms with Gasteiger partial charge in [-0.1, -0.05) is 36.4 Å². The second kappa shape index (κ2) is 5.73. The van der Waals surface area contributed by atoms with Crippen LogP contribution in [0.5, 0.6) is 0 Å². The fourth-order valence-electron chi connectivity index (χ4n) is 3.02. The molecule has 1 heterocycles. The largest absolute Gasteiger partial charge is 0.268 e. The molecule has 0 aromatic heterocycles. The predicted octanol–water partition coefficient (Wildman–Crippen LogP) is 4.03. The van der Waals surface area contributed by atoms with E-state index < -0.39 is 0 Å². The molecule has 0 fully saturated rings. The molecule has 0 saturated carbocycles. The quantitative estimate of drug-likeness (QED) is 0.669. The number of hydrogen-bond donors (Lipinski definition) is 0. The van der Waals surface area contributed by atoms with E-state index >= 15 is 0 Å². The maximum absolute atomic E-state index is 12.6. The van der Waals surface area contributed by atoms with Crippen molar-refractivity contribution >= 4 is 17.5 Å². The third kappa shape index (κ3) is 2.39. The van der Waals surface area contributed by atoms with Gasteiger partial charge in [0.15, 0.2) is 0 Å². The number of nitrogens with zero attached hydrogens (tertiary/aromatic N) is 2. The first-order chi connectivity index (χ1) is 12.2. The number of carbonyl (C=O) groups is 2. The topological polar surface area (TPSA) is 61.2 Å². The molecule has 0 aliphatic carbocycles. The minimum absolute atomic E-state index is 0.316. The van der Waals surface area contributed by atoms with Crippen LogP contribution < -0.4 is 4.90 Å². The highest BCUT2D eigenvalue weighted by molar-refractivity contribution is 6.34. The Morgan fingerprint density at radius 3 is 1.96 bits per heavy atom. The summed E-state index contributed by atoms with van der Waals surface area (Å²) in [6.45, 7) is 0. The van der Waals surface area contributed by atoms with Crippen LogP contribution in [-0.4, -0.2) is 11.8 Å². The minimum Gasteiger partial charge on any atom is -0.268 e. The van der Waals surface area contributed by atoms with Crippen LogP contribution in [-0.2, 0) is 0 Å². The van der Waals surface area contributed by atoms with Gasteiger partial charge in [0.25, 0.3) is 11.8 Å². The van der Waals surface area contributed by atoms with Crippen molar-refractivity contribution in [3.63, 3.8) is 0 Å². The molecule has 0 saturated heterocycles. The summed E-state index contributed by atoms with van der Waals surface area (Å²) in [5.41, 5.74) is 3.62. The number of benzene rings is 3. The van der Waals surface area contributed by atoms with Crippen molar-refractivity contribution in [3.05, 3.63) is 89.5 Å². The summed E-state index contributed by atoms with van der Waals surface area (Å²) < 4.78 is 0. The Balaban J connectivity index is 1.77. The smallest absolute Gasteiger partial charge is 0.266 e. The number of anilines is 1. The van der Waals surface area contributed by atoms with Crippen molar-refractivity contribution in [2.24, 2.45) is 0 Å². The van der Waals surface area contributed by atoms with Crippen molar-refractivity contribution in [1.82, 2.24) is 0 Å². The molecule has 2 amide bonds. The van der Waals surface area contributed by atoms with E-state index in [4.69, 9.17) is 5.26 Å². The monoisotopic (exact) mass is 324 g/mol. The lowest BCUT2D eigenvalue weighted by Gasteiger charge is -2.15. The normalized spacial score (nSPS) is 12.8. The Labute approximate surface area is 144 Å². The number of nitriles is 1. The first-order valence-corrected chi connectivity index (χ1v) is 7.77. The fourth-order valence-corrected chi connectivity index (χ4v) is 3.02. The zero-order chi connectivity index (χ0) is 17.4. The van der Waals surface area contributed by atoms with E-state index in [-0.39, 0.29) is 11.8 Å². The van der Waals surface area contributed by atoms with E-state index in [0.717, 1.165) is 11.1 Å². The fraction of sp³-hybridized carbons (Fsp3) is 0. The van der Waals surface area contributed by atoms with E-state index in [9.17, 15) is 9.59 Å². The Morgan fingerprint density at radius 1 is 0.720 bits per heavy atom. The highest BCUT2D eigenvalue weighted by Gasteiger charge is 2.36. The molecule has 0 radical (unpaired) electrons. The van der Waals surface area contributed by atoms with Crippen LogP contribution in [0.15, 0.2) is 72.8 Å². The lowest BCUT2D eigenvalue weighted by atomic mass is 10.0. The highest BCUT2D eigenvalue weighted by Crippen LogP contribution is 2.31. The SMILES string of the molecule is N#Cc1cccc(-c2cccc(N3C(=O)c4ccccc4C3=O)c2)c1. The summed E-state index contributed by atoms with van der Waals surface area (Å²) in [5, 5.41) is 9.06. The molecular weight excluding hydrogens is 312 g/mol. The van der Waals surface area contributed by atoms with Crippen molar-refractivity contribution in [2.75, 3.05) is 4.90 Å². The first-order valence-electron chi connectivity index (χ1n) is 7.77. The van der Waals surface area contributed by atoms with Crippen LogP contribution in [0.3, 0.4) is 0 Å². The van der Waals surface area contributed by atoms with Gasteiger partial charge >= 0.3 is 0 Å². The molecule has 4 heteroatoms. The van der Waals surface area contributed by atoms with Gasteiger partial charge in [-0.2, -0.15) is 5.26 Å². The van der Waals surface area contributed by atoms with Gasteiger partial charge < -0.3 is 0 Å². The van der Waals surface area contributed by atoms with Gasteiger partial charge in [0.05, 0.1) is 28.4 Å². The van der Waals surface area contributed by atoms with Crippen LogP contribution >= 0.6 is 0 Å². The van der Waals surface area contributed by atoms with Crippen LogP contribution in [0.4, 0.5) is 5.69 Å². The van der Waals surface area contributed by atoms with Crippen LogP contribution in [0.1, 0.15) is 26.3 Å². The lowest BCUT2D eigenvalue weighted by Crippen LogP contribution is -2.29. The van der Waals surface area contributed by atoms with Crippen molar-refractivity contribution < 1.29 is 9.59 Å². The summed E-state index contributed by atoms with van der Waals surface area (Å²) in [4.78, 5) is 26.4. The molecule has 0 spiro atoms. The average molecular weight is 324 g/mol. The summed E-state index contributed by atoms with van der Waals surface area (Å²) in [7, 11) is 0. The number of rotatable bonds is 2. The Bertz CT molecular complexity index is 1030. The molecule has 3 aromatic rings. The van der Waals surface area contributed by atoms with Crippen LogP contribution in [0.25, 0.3) is 11.1 Å².